The average Bonchev–Trinajstić information content (AvgIpc) is 2.16. The second kappa shape index (κ2) is 4.44. The first-order valence-electron chi connectivity index (χ1n) is 3.58. The molecule has 0 atom stereocenters. The number of aromatic nitrogens is 1. The Morgan fingerprint density at radius 3 is 2.71 bits per heavy atom. The molecule has 0 aromatic carbocycles. The number of nitriles is 1. The molecule has 0 aliphatic heterocycles. The Morgan fingerprint density at radius 2 is 2.29 bits per heavy atom. The van der Waals surface area contributed by atoms with E-state index >= 15 is 0 Å². The van der Waals surface area contributed by atoms with Crippen LogP contribution in [0.4, 0.5) is 8.78 Å². The molecule has 0 saturated heterocycles. The quantitative estimate of drug-likeness (QED) is 0.889. The van der Waals surface area contributed by atoms with E-state index in [0.717, 1.165) is 0 Å². The van der Waals surface area contributed by atoms with Crippen LogP contribution in [-0.2, 0) is 6.61 Å². The molecule has 6 heteroatoms. The van der Waals surface area contributed by atoms with E-state index in [4.69, 9.17) is 10.4 Å². The summed E-state index contributed by atoms with van der Waals surface area (Å²) < 4.78 is 25.1. The zero-order chi connectivity index (χ0) is 10.7. The first kappa shape index (κ1) is 11.0. The van der Waals surface area contributed by atoms with Crippen LogP contribution in [0, 0.1) is 11.3 Å². The standard InChI is InChI=1S/C8H5BrF2N2O/c9-5-1-4(2-12)7(8(10)11)13-6(5)3-14/h1,8,14H,3H2. The number of hydrogen-bond acceptors (Lipinski definition) is 3. The maximum atomic E-state index is 12.4. The summed E-state index contributed by atoms with van der Waals surface area (Å²) in [7, 11) is 0. The van der Waals surface area contributed by atoms with Crippen LogP contribution in [0.25, 0.3) is 0 Å². The van der Waals surface area contributed by atoms with Crippen LogP contribution < -0.4 is 0 Å². The van der Waals surface area contributed by atoms with Gasteiger partial charge in [0.15, 0.2) is 0 Å². The Balaban J connectivity index is 3.34. The van der Waals surface area contributed by atoms with Gasteiger partial charge in [-0.15, -0.1) is 0 Å². The normalized spacial score (nSPS) is 10.3. The number of aliphatic hydroxyl groups excluding tert-OH is 1. The molecule has 0 amide bonds. The molecule has 0 aliphatic rings. The molecule has 0 bridgehead atoms. The van der Waals surface area contributed by atoms with Gasteiger partial charge in [-0.3, -0.25) is 0 Å². The molecular weight excluding hydrogens is 258 g/mol. The van der Waals surface area contributed by atoms with E-state index in [1.54, 1.807) is 6.07 Å². The number of rotatable bonds is 2. The van der Waals surface area contributed by atoms with Gasteiger partial charge in [-0.1, -0.05) is 0 Å². The molecular formula is C8H5BrF2N2O. The molecule has 0 fully saturated rings. The second-order valence-corrected chi connectivity index (χ2v) is 3.27. The summed E-state index contributed by atoms with van der Waals surface area (Å²) in [5, 5.41) is 17.3. The fraction of sp³-hybridized carbons (Fsp3) is 0.250. The highest BCUT2D eigenvalue weighted by atomic mass is 79.9. The van der Waals surface area contributed by atoms with Crippen molar-refractivity contribution < 1.29 is 13.9 Å². The van der Waals surface area contributed by atoms with Gasteiger partial charge in [-0.2, -0.15) is 5.26 Å². The summed E-state index contributed by atoms with van der Waals surface area (Å²) in [6.07, 6.45) is -2.82. The first-order valence-corrected chi connectivity index (χ1v) is 4.38. The predicted molar refractivity (Wildman–Crippen MR) is 47.5 cm³/mol. The van der Waals surface area contributed by atoms with Crippen LogP contribution in [0.15, 0.2) is 10.5 Å². The van der Waals surface area contributed by atoms with Crippen LogP contribution in [0.5, 0.6) is 0 Å². The number of alkyl halides is 2. The summed E-state index contributed by atoms with van der Waals surface area (Å²) in [5.41, 5.74) is -0.692. The van der Waals surface area contributed by atoms with Crippen molar-refractivity contribution in [2.24, 2.45) is 0 Å². The lowest BCUT2D eigenvalue weighted by atomic mass is 10.2. The Kier molecular flexibility index (Phi) is 3.49. The molecule has 14 heavy (non-hydrogen) atoms. The van der Waals surface area contributed by atoms with Crippen LogP contribution >= 0.6 is 15.9 Å². The SMILES string of the molecule is N#Cc1cc(Br)c(CO)nc1C(F)F. The highest BCUT2D eigenvalue weighted by Crippen LogP contribution is 2.25. The van der Waals surface area contributed by atoms with Gasteiger partial charge in [0.05, 0.1) is 17.9 Å². The van der Waals surface area contributed by atoms with Crippen molar-refractivity contribution in [1.82, 2.24) is 4.98 Å². The summed E-state index contributed by atoms with van der Waals surface area (Å²) in [6.45, 7) is -0.452. The topological polar surface area (TPSA) is 56.9 Å². The molecule has 3 nitrogen and oxygen atoms in total. The van der Waals surface area contributed by atoms with Gasteiger partial charge in [0, 0.05) is 4.47 Å². The van der Waals surface area contributed by atoms with Crippen molar-refractivity contribution in [3.63, 3.8) is 0 Å². The lowest BCUT2D eigenvalue weighted by molar-refractivity contribution is 0.144. The monoisotopic (exact) mass is 262 g/mol. The third-order valence-electron chi connectivity index (χ3n) is 1.56. The van der Waals surface area contributed by atoms with E-state index in [9.17, 15) is 8.78 Å². The van der Waals surface area contributed by atoms with Crippen molar-refractivity contribution in [2.75, 3.05) is 0 Å². The summed E-state index contributed by atoms with van der Waals surface area (Å²) in [4.78, 5) is 3.49. The third-order valence-corrected chi connectivity index (χ3v) is 2.24. The molecule has 1 rings (SSSR count). The minimum atomic E-state index is -2.82. The highest BCUT2D eigenvalue weighted by molar-refractivity contribution is 9.10. The Morgan fingerprint density at radius 1 is 1.64 bits per heavy atom. The summed E-state index contributed by atoms with van der Waals surface area (Å²) >= 11 is 3.01. The van der Waals surface area contributed by atoms with E-state index in [0.29, 0.717) is 4.47 Å². The van der Waals surface area contributed by atoms with E-state index in [2.05, 4.69) is 20.9 Å². The maximum Gasteiger partial charge on any atom is 0.281 e. The highest BCUT2D eigenvalue weighted by Gasteiger charge is 2.17. The Bertz CT molecular complexity index is 390. The van der Waals surface area contributed by atoms with Gasteiger partial charge >= 0.3 is 0 Å². The molecule has 0 aliphatic carbocycles. The fourth-order valence-corrected chi connectivity index (χ4v) is 1.35. The minimum Gasteiger partial charge on any atom is -0.390 e. The van der Waals surface area contributed by atoms with Crippen LogP contribution in [0.3, 0.4) is 0 Å². The number of nitrogens with zero attached hydrogens (tertiary/aromatic N) is 2. The zero-order valence-electron chi connectivity index (χ0n) is 6.84. The van der Waals surface area contributed by atoms with Gasteiger partial charge in [-0.05, 0) is 22.0 Å². The van der Waals surface area contributed by atoms with E-state index in [1.807, 2.05) is 0 Å². The molecule has 0 unspecified atom stereocenters. The summed E-state index contributed by atoms with van der Waals surface area (Å²) in [6, 6.07) is 2.84. The van der Waals surface area contributed by atoms with E-state index in [1.165, 1.54) is 6.07 Å². The van der Waals surface area contributed by atoms with Gasteiger partial charge in [0.1, 0.15) is 11.8 Å². The van der Waals surface area contributed by atoms with E-state index in [-0.39, 0.29) is 11.3 Å². The van der Waals surface area contributed by atoms with Crippen molar-refractivity contribution in [1.29, 1.82) is 5.26 Å². The number of pyridine rings is 1. The second-order valence-electron chi connectivity index (χ2n) is 2.42. The lowest BCUT2D eigenvalue weighted by Crippen LogP contribution is -2.01. The predicted octanol–water partition coefficient (Wildman–Crippen LogP) is 2.15. The van der Waals surface area contributed by atoms with Crippen LogP contribution in [0.1, 0.15) is 23.4 Å². The van der Waals surface area contributed by atoms with Gasteiger partial charge in [0.2, 0.25) is 0 Å². The van der Waals surface area contributed by atoms with Crippen LogP contribution in [0.2, 0.25) is 0 Å². The van der Waals surface area contributed by atoms with Crippen molar-refractivity contribution in [2.45, 2.75) is 13.0 Å². The maximum absolute atomic E-state index is 12.4. The molecule has 0 radical (unpaired) electrons. The molecule has 1 aromatic heterocycles. The van der Waals surface area contributed by atoms with Gasteiger partial charge < -0.3 is 5.11 Å². The van der Waals surface area contributed by atoms with Gasteiger partial charge in [0.25, 0.3) is 6.43 Å². The number of aliphatic hydroxyl groups is 1. The third kappa shape index (κ3) is 2.05. The largest absolute Gasteiger partial charge is 0.390 e. The molecule has 1 N–H and O–H groups in total. The van der Waals surface area contributed by atoms with Crippen molar-refractivity contribution >= 4 is 15.9 Å². The minimum absolute atomic E-state index is 0.0966. The first-order chi connectivity index (χ1) is 6.60. The smallest absolute Gasteiger partial charge is 0.281 e. The Hall–Kier alpha value is -1.06. The van der Waals surface area contributed by atoms with Crippen LogP contribution in [-0.4, -0.2) is 10.1 Å². The molecule has 1 heterocycles. The fourth-order valence-electron chi connectivity index (χ4n) is 0.910. The van der Waals surface area contributed by atoms with Crippen molar-refractivity contribution in [3.05, 3.63) is 27.5 Å². The lowest BCUT2D eigenvalue weighted by Gasteiger charge is -2.05. The number of halogens is 3. The van der Waals surface area contributed by atoms with Gasteiger partial charge in [-0.25, -0.2) is 13.8 Å². The zero-order valence-corrected chi connectivity index (χ0v) is 8.42. The number of hydrogen-bond donors (Lipinski definition) is 1. The Labute approximate surface area is 87.1 Å². The molecule has 74 valence electrons. The molecule has 0 saturated carbocycles. The molecule has 0 spiro atoms. The van der Waals surface area contributed by atoms with E-state index < -0.39 is 18.7 Å². The molecule has 1 aromatic rings. The van der Waals surface area contributed by atoms with Crippen molar-refractivity contribution in [3.8, 4) is 6.07 Å². The summed E-state index contributed by atoms with van der Waals surface area (Å²) in [5.74, 6) is 0. The average molecular weight is 263 g/mol.